The zero-order valence-corrected chi connectivity index (χ0v) is 9.54. The van der Waals surface area contributed by atoms with Crippen molar-refractivity contribution in [2.24, 2.45) is 0 Å². The average Bonchev–Trinajstić information content (AvgIpc) is 2.01. The van der Waals surface area contributed by atoms with Crippen molar-refractivity contribution < 1.29 is 44.0 Å². The molecule has 94 valence electrons. The maximum atomic E-state index is 10.3. The Bertz CT molecular complexity index is 235. The van der Waals surface area contributed by atoms with E-state index in [1.165, 1.54) is 0 Å². The summed E-state index contributed by atoms with van der Waals surface area (Å²) < 4.78 is 20.5. The van der Waals surface area contributed by atoms with Crippen LogP contribution in [0.15, 0.2) is 0 Å². The summed E-state index contributed by atoms with van der Waals surface area (Å²) in [7, 11) is -10.4. The van der Waals surface area contributed by atoms with Gasteiger partial charge in [0.05, 0.1) is 13.2 Å². The van der Waals surface area contributed by atoms with Crippen molar-refractivity contribution in [1.82, 2.24) is 0 Å². The minimum atomic E-state index is -5.20. The van der Waals surface area contributed by atoms with Crippen molar-refractivity contribution in [3.63, 3.8) is 0 Å². The van der Waals surface area contributed by atoms with E-state index in [0.717, 1.165) is 0 Å². The lowest BCUT2D eigenvalue weighted by Gasteiger charge is -2.24. The quantitative estimate of drug-likeness (QED) is 0.285. The second kappa shape index (κ2) is 6.05. The molecule has 0 saturated heterocycles. The molecular weight excluding hydrogens is 254 g/mol. The van der Waals surface area contributed by atoms with E-state index in [2.05, 4.69) is 0 Å². The number of aliphatic hydroxyl groups is 3. The van der Waals surface area contributed by atoms with Crippen LogP contribution in [0, 0.1) is 0 Å². The molecule has 15 heavy (non-hydrogen) atoms. The Morgan fingerprint density at radius 1 is 0.933 bits per heavy atom. The molecule has 0 rings (SSSR count). The molecular formula is C4H14O9P2. The predicted octanol–water partition coefficient (Wildman–Crippen LogP) is -2.02. The maximum Gasteiger partial charge on any atom is 0.369 e. The van der Waals surface area contributed by atoms with Gasteiger partial charge < -0.3 is 34.9 Å². The number of hydrogen-bond donors (Lipinski definition) is 7. The van der Waals surface area contributed by atoms with Gasteiger partial charge in [0, 0.05) is 0 Å². The van der Waals surface area contributed by atoms with Crippen LogP contribution in [0.25, 0.3) is 0 Å². The molecule has 0 aliphatic heterocycles. The highest BCUT2D eigenvalue weighted by atomic mass is 31.2. The van der Waals surface area contributed by atoms with Crippen molar-refractivity contribution in [2.45, 2.75) is 12.0 Å². The van der Waals surface area contributed by atoms with Crippen LogP contribution < -0.4 is 0 Å². The number of hydrogen-bond acceptors (Lipinski definition) is 5. The third kappa shape index (κ3) is 5.72. The normalized spacial score (nSPS) is 13.1. The van der Waals surface area contributed by atoms with Crippen molar-refractivity contribution in [2.75, 3.05) is 13.2 Å². The number of aliphatic hydroxyl groups excluding tert-OH is 2. The second-order valence-electron chi connectivity index (χ2n) is 2.51. The molecule has 0 bridgehead atoms. The van der Waals surface area contributed by atoms with E-state index >= 15 is 0 Å². The molecule has 0 aromatic carbocycles. The molecule has 0 saturated carbocycles. The summed E-state index contributed by atoms with van der Waals surface area (Å²) in [5.74, 6) is 0. The Hall–Kier alpha value is 0.180. The smallest absolute Gasteiger partial charge is 0.369 e. The Labute approximate surface area is 85.3 Å². The van der Waals surface area contributed by atoms with Crippen LogP contribution in [0.2, 0.25) is 0 Å². The lowest BCUT2D eigenvalue weighted by molar-refractivity contribution is 0.146. The first-order valence-electron chi connectivity index (χ1n) is 3.47. The lowest BCUT2D eigenvalue weighted by atomic mass is 10.8. The molecule has 0 fully saturated rings. The van der Waals surface area contributed by atoms with Gasteiger partial charge in [-0.05, 0) is 6.92 Å². The molecule has 0 amide bonds. The van der Waals surface area contributed by atoms with Crippen molar-refractivity contribution in [3.8, 4) is 0 Å². The molecule has 0 radical (unpaired) electrons. The molecule has 7 N–H and O–H groups in total. The van der Waals surface area contributed by atoms with Gasteiger partial charge in [0.2, 0.25) is 0 Å². The van der Waals surface area contributed by atoms with Crippen LogP contribution in [0.3, 0.4) is 0 Å². The Kier molecular flexibility index (Phi) is 7.09. The van der Waals surface area contributed by atoms with Crippen molar-refractivity contribution >= 4 is 15.2 Å². The van der Waals surface area contributed by atoms with E-state index in [1.54, 1.807) is 0 Å². The van der Waals surface area contributed by atoms with Crippen LogP contribution in [-0.4, -0.2) is 53.2 Å². The molecule has 11 heteroatoms. The fourth-order valence-corrected chi connectivity index (χ4v) is 1.53. The third-order valence-electron chi connectivity index (χ3n) is 1.20. The van der Waals surface area contributed by atoms with E-state index in [0.29, 0.717) is 6.92 Å². The molecule has 0 aromatic heterocycles. The minimum Gasteiger partial charge on any atom is -0.394 e. The van der Waals surface area contributed by atoms with Crippen LogP contribution in [0.1, 0.15) is 6.92 Å². The third-order valence-corrected chi connectivity index (χ3v) is 4.97. The molecule has 0 atom stereocenters. The van der Waals surface area contributed by atoms with Crippen LogP contribution in [0.4, 0.5) is 0 Å². The molecule has 0 heterocycles. The first kappa shape index (κ1) is 17.6. The zero-order valence-electron chi connectivity index (χ0n) is 7.76. The highest BCUT2D eigenvalue weighted by molar-refractivity contribution is 7.71. The summed E-state index contributed by atoms with van der Waals surface area (Å²) in [5, 5.41) is 20.6. The van der Waals surface area contributed by atoms with E-state index in [1.807, 2.05) is 0 Å². The molecule has 0 aromatic rings. The van der Waals surface area contributed by atoms with E-state index in [-0.39, 0.29) is 13.2 Å². The van der Waals surface area contributed by atoms with Crippen molar-refractivity contribution in [3.05, 3.63) is 0 Å². The summed E-state index contributed by atoms with van der Waals surface area (Å²) in [4.78, 5) is 33.0. The monoisotopic (exact) mass is 268 g/mol. The summed E-state index contributed by atoms with van der Waals surface area (Å²) in [6, 6.07) is 0. The summed E-state index contributed by atoms with van der Waals surface area (Å²) in [5.41, 5.74) is 0. The first-order valence-corrected chi connectivity index (χ1v) is 6.69. The van der Waals surface area contributed by atoms with Crippen LogP contribution in [0.5, 0.6) is 0 Å². The highest BCUT2D eigenvalue weighted by Crippen LogP contribution is 2.66. The number of rotatable bonds is 3. The zero-order chi connectivity index (χ0) is 12.9. The Morgan fingerprint density at radius 3 is 1.13 bits per heavy atom. The van der Waals surface area contributed by atoms with Gasteiger partial charge in [-0.1, -0.05) is 0 Å². The first-order chi connectivity index (χ1) is 6.41. The van der Waals surface area contributed by atoms with E-state index in [9.17, 15) is 9.13 Å². The van der Waals surface area contributed by atoms with Crippen LogP contribution >= 0.6 is 15.2 Å². The molecule has 0 aliphatic rings. The fourth-order valence-electron chi connectivity index (χ4n) is 0.170. The van der Waals surface area contributed by atoms with Gasteiger partial charge in [0.15, 0.2) is 0 Å². The van der Waals surface area contributed by atoms with Crippen molar-refractivity contribution in [1.29, 1.82) is 0 Å². The molecule has 9 nitrogen and oxygen atoms in total. The summed E-state index contributed by atoms with van der Waals surface area (Å²) >= 11 is 0. The highest BCUT2D eigenvalue weighted by Gasteiger charge is 2.55. The molecule has 0 unspecified atom stereocenters. The Morgan fingerprint density at radius 2 is 1.13 bits per heavy atom. The van der Waals surface area contributed by atoms with Gasteiger partial charge >= 0.3 is 15.2 Å². The van der Waals surface area contributed by atoms with Gasteiger partial charge in [-0.25, -0.2) is 0 Å². The Balaban J connectivity index is 0. The predicted molar refractivity (Wildman–Crippen MR) is 48.9 cm³/mol. The van der Waals surface area contributed by atoms with Gasteiger partial charge in [-0.2, -0.15) is 0 Å². The largest absolute Gasteiger partial charge is 0.394 e. The summed E-state index contributed by atoms with van der Waals surface area (Å²) in [6.45, 7) is 0.133. The fraction of sp³-hybridized carbons (Fsp3) is 1.00. The molecule has 0 spiro atoms. The topological polar surface area (TPSA) is 176 Å². The molecule has 0 aliphatic carbocycles. The van der Waals surface area contributed by atoms with Gasteiger partial charge in [-0.15, -0.1) is 0 Å². The lowest BCUT2D eigenvalue weighted by Crippen LogP contribution is -2.23. The summed E-state index contributed by atoms with van der Waals surface area (Å²) in [6.07, 6.45) is 0. The van der Waals surface area contributed by atoms with Gasteiger partial charge in [0.25, 0.3) is 5.08 Å². The minimum absolute atomic E-state index is 0.125. The van der Waals surface area contributed by atoms with Gasteiger partial charge in [-0.3, -0.25) is 9.13 Å². The maximum absolute atomic E-state index is 10.3. The van der Waals surface area contributed by atoms with Gasteiger partial charge in [0.1, 0.15) is 0 Å². The second-order valence-corrected chi connectivity index (χ2v) is 6.78. The SMILES string of the molecule is CC(O)(P(=O)(O)O)P(=O)(O)O.OCCO. The standard InChI is InChI=1S/C2H8O7P2.C2H6O2/c1-2(3,10(4,5)6)11(7,8)9;3-1-2-4/h3H,1H3,(H2,4,5,6)(H2,7,8,9);3-4H,1-2H2. The van der Waals surface area contributed by atoms with E-state index in [4.69, 9.17) is 34.9 Å². The average molecular weight is 268 g/mol. The van der Waals surface area contributed by atoms with E-state index < -0.39 is 20.3 Å². The van der Waals surface area contributed by atoms with Crippen LogP contribution in [-0.2, 0) is 9.13 Å².